The highest BCUT2D eigenvalue weighted by molar-refractivity contribution is 5.30. The van der Waals surface area contributed by atoms with E-state index in [1.165, 1.54) is 12.1 Å². The summed E-state index contributed by atoms with van der Waals surface area (Å²) in [6.45, 7) is 0. The Hall–Kier alpha value is -1.17. The summed E-state index contributed by atoms with van der Waals surface area (Å²) in [5.41, 5.74) is 4.81. The van der Waals surface area contributed by atoms with Crippen LogP contribution in [0.5, 0.6) is 0 Å². The predicted octanol–water partition coefficient (Wildman–Crippen LogP) is 4.07. The highest BCUT2D eigenvalue weighted by Crippen LogP contribution is 2.42. The lowest BCUT2D eigenvalue weighted by atomic mass is 9.76. The SMILES string of the molecule is NC1(c2ccc(C(F)(F)F)cc2)CCC(F)(F)CC1. The summed E-state index contributed by atoms with van der Waals surface area (Å²) in [6, 6.07) is 4.45. The Bertz CT molecular complexity index is 439. The summed E-state index contributed by atoms with van der Waals surface area (Å²) in [5.74, 6) is -2.71. The van der Waals surface area contributed by atoms with E-state index in [4.69, 9.17) is 5.73 Å². The molecule has 0 aliphatic heterocycles. The van der Waals surface area contributed by atoms with E-state index in [0.717, 1.165) is 12.1 Å². The van der Waals surface area contributed by atoms with E-state index in [1.54, 1.807) is 0 Å². The molecule has 106 valence electrons. The molecule has 1 aromatic carbocycles. The van der Waals surface area contributed by atoms with E-state index in [1.807, 2.05) is 0 Å². The van der Waals surface area contributed by atoms with Gasteiger partial charge in [-0.3, -0.25) is 0 Å². The molecule has 0 radical (unpaired) electrons. The Morgan fingerprint density at radius 1 is 0.895 bits per heavy atom. The van der Waals surface area contributed by atoms with Gasteiger partial charge in [0.2, 0.25) is 5.92 Å². The molecule has 19 heavy (non-hydrogen) atoms. The lowest BCUT2D eigenvalue weighted by Gasteiger charge is -2.37. The molecule has 6 heteroatoms. The number of halogens is 5. The van der Waals surface area contributed by atoms with Crippen LogP contribution in [0.25, 0.3) is 0 Å². The van der Waals surface area contributed by atoms with Crippen molar-refractivity contribution in [1.82, 2.24) is 0 Å². The molecule has 0 heterocycles. The quantitative estimate of drug-likeness (QED) is 0.770. The van der Waals surface area contributed by atoms with E-state index in [0.29, 0.717) is 5.56 Å². The molecule has 0 spiro atoms. The van der Waals surface area contributed by atoms with Crippen molar-refractivity contribution in [1.29, 1.82) is 0 Å². The van der Waals surface area contributed by atoms with Gasteiger partial charge in [-0.15, -0.1) is 0 Å². The van der Waals surface area contributed by atoms with Crippen LogP contribution in [0, 0.1) is 0 Å². The molecule has 0 bridgehead atoms. The fraction of sp³-hybridized carbons (Fsp3) is 0.538. The van der Waals surface area contributed by atoms with Gasteiger partial charge >= 0.3 is 6.18 Å². The maximum absolute atomic E-state index is 13.1. The minimum Gasteiger partial charge on any atom is -0.321 e. The van der Waals surface area contributed by atoms with Gasteiger partial charge in [-0.1, -0.05) is 12.1 Å². The van der Waals surface area contributed by atoms with Crippen LogP contribution < -0.4 is 5.73 Å². The zero-order valence-corrected chi connectivity index (χ0v) is 10.1. The lowest BCUT2D eigenvalue weighted by Crippen LogP contribution is -2.43. The zero-order chi connectivity index (χ0) is 14.3. The topological polar surface area (TPSA) is 26.0 Å². The van der Waals surface area contributed by atoms with Gasteiger partial charge in [0.15, 0.2) is 0 Å². The average molecular weight is 279 g/mol. The molecule has 1 nitrogen and oxygen atoms in total. The van der Waals surface area contributed by atoms with Gasteiger partial charge in [0.25, 0.3) is 0 Å². The summed E-state index contributed by atoms with van der Waals surface area (Å²) in [5, 5.41) is 0. The predicted molar refractivity (Wildman–Crippen MR) is 60.7 cm³/mol. The van der Waals surface area contributed by atoms with Crippen molar-refractivity contribution in [3.05, 3.63) is 35.4 Å². The van der Waals surface area contributed by atoms with Gasteiger partial charge in [-0.2, -0.15) is 13.2 Å². The van der Waals surface area contributed by atoms with Crippen molar-refractivity contribution in [3.63, 3.8) is 0 Å². The van der Waals surface area contributed by atoms with Crippen LogP contribution >= 0.6 is 0 Å². The largest absolute Gasteiger partial charge is 0.416 e. The number of nitrogens with two attached hydrogens (primary N) is 1. The van der Waals surface area contributed by atoms with Gasteiger partial charge in [-0.25, -0.2) is 8.78 Å². The smallest absolute Gasteiger partial charge is 0.321 e. The van der Waals surface area contributed by atoms with E-state index in [9.17, 15) is 22.0 Å². The normalized spacial score (nSPS) is 22.2. The fourth-order valence-electron chi connectivity index (χ4n) is 2.34. The molecule has 0 amide bonds. The average Bonchev–Trinajstić information content (AvgIpc) is 2.33. The second-order valence-corrected chi connectivity index (χ2v) is 5.09. The van der Waals surface area contributed by atoms with Gasteiger partial charge in [-0.05, 0) is 30.5 Å². The number of rotatable bonds is 1. The lowest BCUT2D eigenvalue weighted by molar-refractivity contribution is -0.137. The second kappa shape index (κ2) is 4.44. The molecule has 1 saturated carbocycles. The maximum Gasteiger partial charge on any atom is 0.416 e. The number of benzene rings is 1. The van der Waals surface area contributed by atoms with Gasteiger partial charge in [0.05, 0.1) is 5.56 Å². The number of hydrogen-bond donors (Lipinski definition) is 1. The summed E-state index contributed by atoms with van der Waals surface area (Å²) in [4.78, 5) is 0. The Morgan fingerprint density at radius 2 is 1.37 bits per heavy atom. The molecule has 0 unspecified atom stereocenters. The third-order valence-corrected chi connectivity index (χ3v) is 3.66. The van der Waals surface area contributed by atoms with Crippen LogP contribution in [0.2, 0.25) is 0 Å². The van der Waals surface area contributed by atoms with Crippen LogP contribution in [-0.2, 0) is 11.7 Å². The summed E-state index contributed by atoms with van der Waals surface area (Å²) in [7, 11) is 0. The van der Waals surface area contributed by atoms with Gasteiger partial charge < -0.3 is 5.73 Å². The van der Waals surface area contributed by atoms with E-state index < -0.39 is 23.2 Å². The molecular weight excluding hydrogens is 265 g/mol. The van der Waals surface area contributed by atoms with Crippen LogP contribution in [0.1, 0.15) is 36.8 Å². The van der Waals surface area contributed by atoms with Crippen LogP contribution in [0.4, 0.5) is 22.0 Å². The first-order chi connectivity index (χ1) is 8.62. The molecule has 1 fully saturated rings. The first-order valence-corrected chi connectivity index (χ1v) is 5.97. The third-order valence-electron chi connectivity index (χ3n) is 3.66. The highest BCUT2D eigenvalue weighted by Gasteiger charge is 2.42. The molecule has 0 atom stereocenters. The number of alkyl halides is 5. The Kier molecular flexibility index (Phi) is 3.33. The minimum absolute atomic E-state index is 0.0748. The number of hydrogen-bond acceptors (Lipinski definition) is 1. The molecule has 2 N–H and O–H groups in total. The van der Waals surface area contributed by atoms with Crippen LogP contribution in [-0.4, -0.2) is 5.92 Å². The summed E-state index contributed by atoms with van der Waals surface area (Å²) >= 11 is 0. The fourth-order valence-corrected chi connectivity index (χ4v) is 2.34. The first-order valence-electron chi connectivity index (χ1n) is 5.97. The van der Waals surface area contributed by atoms with Crippen molar-refractivity contribution in [2.24, 2.45) is 5.73 Å². The second-order valence-electron chi connectivity index (χ2n) is 5.09. The van der Waals surface area contributed by atoms with Gasteiger partial charge in [0.1, 0.15) is 0 Å². The van der Waals surface area contributed by atoms with Crippen molar-refractivity contribution in [2.45, 2.75) is 43.3 Å². The zero-order valence-electron chi connectivity index (χ0n) is 10.1. The highest BCUT2D eigenvalue weighted by atomic mass is 19.4. The third kappa shape index (κ3) is 3.05. The van der Waals surface area contributed by atoms with Crippen molar-refractivity contribution in [2.75, 3.05) is 0 Å². The Morgan fingerprint density at radius 3 is 1.79 bits per heavy atom. The molecule has 0 aromatic heterocycles. The molecule has 1 aliphatic rings. The first kappa shape index (κ1) is 14.2. The van der Waals surface area contributed by atoms with Gasteiger partial charge in [0, 0.05) is 18.4 Å². The van der Waals surface area contributed by atoms with Crippen LogP contribution in [0.15, 0.2) is 24.3 Å². The Balaban J connectivity index is 2.19. The standard InChI is InChI=1S/C13H14F5N/c14-12(15)7-5-11(19,6-8-12)9-1-3-10(4-2-9)13(16,17)18/h1-4H,5-8,19H2. The molecule has 0 saturated heterocycles. The van der Waals surface area contributed by atoms with Crippen LogP contribution in [0.3, 0.4) is 0 Å². The van der Waals surface area contributed by atoms with Crippen molar-refractivity contribution in [3.8, 4) is 0 Å². The maximum atomic E-state index is 13.1. The minimum atomic E-state index is -4.40. The van der Waals surface area contributed by atoms with Crippen molar-refractivity contribution >= 4 is 0 Å². The van der Waals surface area contributed by atoms with E-state index in [-0.39, 0.29) is 25.7 Å². The molecule has 1 aromatic rings. The molecular formula is C13H14F5N. The summed E-state index contributed by atoms with van der Waals surface area (Å²) in [6.07, 6.45) is -4.91. The molecule has 2 rings (SSSR count). The van der Waals surface area contributed by atoms with Crippen molar-refractivity contribution < 1.29 is 22.0 Å². The monoisotopic (exact) mass is 279 g/mol. The summed E-state index contributed by atoms with van der Waals surface area (Å²) < 4.78 is 63.4. The molecule has 1 aliphatic carbocycles. The Labute approximate surface area is 107 Å². The van der Waals surface area contributed by atoms with E-state index in [2.05, 4.69) is 0 Å². The van der Waals surface area contributed by atoms with E-state index >= 15 is 0 Å².